The first kappa shape index (κ1) is 17.1. The summed E-state index contributed by atoms with van der Waals surface area (Å²) in [6.07, 6.45) is 0. The van der Waals surface area contributed by atoms with Gasteiger partial charge in [0, 0.05) is 49.6 Å². The minimum atomic E-state index is -0.0461. The molecule has 1 amide bonds. The summed E-state index contributed by atoms with van der Waals surface area (Å²) in [5.74, 6) is 0.616. The van der Waals surface area contributed by atoms with Gasteiger partial charge in [-0.1, -0.05) is 25.9 Å². The fourth-order valence-electron chi connectivity index (χ4n) is 2.69. The minimum Gasteiger partial charge on any atom is -0.361 e. The van der Waals surface area contributed by atoms with E-state index in [2.05, 4.69) is 36.2 Å². The summed E-state index contributed by atoms with van der Waals surface area (Å²) in [6, 6.07) is 1.69. The Morgan fingerprint density at radius 3 is 2.54 bits per heavy atom. The molecular formula is C17H24N4O2S. The van der Waals surface area contributed by atoms with Gasteiger partial charge in [-0.25, -0.2) is 4.98 Å². The quantitative estimate of drug-likeness (QED) is 0.853. The molecule has 0 bridgehead atoms. The lowest BCUT2D eigenvalue weighted by Gasteiger charge is -2.33. The number of nitrogens with zero attached hydrogens (tertiary/aromatic N) is 4. The normalized spacial score (nSPS) is 16.6. The zero-order valence-corrected chi connectivity index (χ0v) is 15.5. The van der Waals surface area contributed by atoms with Crippen LogP contribution in [0.3, 0.4) is 0 Å². The van der Waals surface area contributed by atoms with Gasteiger partial charge < -0.3 is 9.42 Å². The lowest BCUT2D eigenvalue weighted by Crippen LogP contribution is -2.48. The Bertz CT molecular complexity index is 708. The number of hydrogen-bond donors (Lipinski definition) is 0. The van der Waals surface area contributed by atoms with Crippen molar-refractivity contribution in [1.29, 1.82) is 0 Å². The average Bonchev–Trinajstić information content (AvgIpc) is 3.16. The van der Waals surface area contributed by atoms with Crippen molar-refractivity contribution in [2.24, 2.45) is 0 Å². The van der Waals surface area contributed by atoms with Gasteiger partial charge in [-0.05, 0) is 6.92 Å². The zero-order valence-electron chi connectivity index (χ0n) is 14.7. The van der Waals surface area contributed by atoms with E-state index in [9.17, 15) is 4.79 Å². The highest BCUT2D eigenvalue weighted by molar-refractivity contribution is 7.09. The maximum atomic E-state index is 12.4. The summed E-state index contributed by atoms with van der Waals surface area (Å²) in [7, 11) is 0. The van der Waals surface area contributed by atoms with Crippen LogP contribution in [0.1, 0.15) is 47.7 Å². The van der Waals surface area contributed by atoms with Crippen molar-refractivity contribution in [3.63, 3.8) is 0 Å². The SMILES string of the molecule is Cc1cc(C(=O)N2CCN(Cc3csc(C(C)(C)C)n3)CC2)no1. The van der Waals surface area contributed by atoms with Crippen LogP contribution in [0.2, 0.25) is 0 Å². The number of carbonyl (C=O) groups excluding carboxylic acids is 1. The lowest BCUT2D eigenvalue weighted by atomic mass is 9.98. The first-order chi connectivity index (χ1) is 11.3. The molecule has 1 saturated heterocycles. The molecule has 0 aliphatic carbocycles. The lowest BCUT2D eigenvalue weighted by molar-refractivity contribution is 0.0617. The molecule has 2 aromatic rings. The van der Waals surface area contributed by atoms with Gasteiger partial charge in [-0.3, -0.25) is 9.69 Å². The third kappa shape index (κ3) is 3.84. The molecule has 130 valence electrons. The molecule has 0 atom stereocenters. The molecule has 7 heteroatoms. The van der Waals surface area contributed by atoms with Gasteiger partial charge in [-0.2, -0.15) is 0 Å². The number of thiazole rings is 1. The van der Waals surface area contributed by atoms with Crippen molar-refractivity contribution in [2.75, 3.05) is 26.2 Å². The van der Waals surface area contributed by atoms with E-state index in [4.69, 9.17) is 9.51 Å². The largest absolute Gasteiger partial charge is 0.361 e. The molecule has 6 nitrogen and oxygen atoms in total. The van der Waals surface area contributed by atoms with Crippen LogP contribution in [0.5, 0.6) is 0 Å². The number of carbonyl (C=O) groups is 1. The molecule has 0 radical (unpaired) electrons. The summed E-state index contributed by atoms with van der Waals surface area (Å²) in [5.41, 5.74) is 1.62. The predicted molar refractivity (Wildman–Crippen MR) is 93.2 cm³/mol. The van der Waals surface area contributed by atoms with Crippen LogP contribution >= 0.6 is 11.3 Å². The highest BCUT2D eigenvalue weighted by atomic mass is 32.1. The van der Waals surface area contributed by atoms with E-state index < -0.39 is 0 Å². The second kappa shape index (κ2) is 6.64. The maximum Gasteiger partial charge on any atom is 0.276 e. The molecule has 2 aromatic heterocycles. The number of piperazine rings is 1. The number of aryl methyl sites for hydroxylation is 1. The Hall–Kier alpha value is -1.73. The average molecular weight is 348 g/mol. The molecule has 24 heavy (non-hydrogen) atoms. The number of hydrogen-bond acceptors (Lipinski definition) is 6. The number of aromatic nitrogens is 2. The van der Waals surface area contributed by atoms with Crippen LogP contribution in [0, 0.1) is 6.92 Å². The Labute approximate surface area is 146 Å². The van der Waals surface area contributed by atoms with Crippen molar-refractivity contribution in [2.45, 2.75) is 39.7 Å². The molecule has 1 fully saturated rings. The van der Waals surface area contributed by atoms with Crippen LogP contribution in [0.25, 0.3) is 0 Å². The van der Waals surface area contributed by atoms with Gasteiger partial charge in [0.05, 0.1) is 10.7 Å². The molecule has 0 spiro atoms. The predicted octanol–water partition coefficient (Wildman–Crippen LogP) is 2.70. The summed E-state index contributed by atoms with van der Waals surface area (Å²) >= 11 is 1.73. The standard InChI is InChI=1S/C17H24N4O2S/c1-12-9-14(19-23-12)15(22)21-7-5-20(6-8-21)10-13-11-24-16(18-13)17(2,3)4/h9,11H,5-8,10H2,1-4H3. The summed E-state index contributed by atoms with van der Waals surface area (Å²) in [4.78, 5) is 21.3. The monoisotopic (exact) mass is 348 g/mol. The molecule has 0 saturated carbocycles. The van der Waals surface area contributed by atoms with E-state index in [1.807, 2.05) is 4.90 Å². The van der Waals surface area contributed by atoms with Gasteiger partial charge in [0.2, 0.25) is 0 Å². The Kier molecular flexibility index (Phi) is 4.73. The second-order valence-electron chi connectivity index (χ2n) is 7.29. The Balaban J connectivity index is 1.54. The van der Waals surface area contributed by atoms with E-state index in [-0.39, 0.29) is 11.3 Å². The van der Waals surface area contributed by atoms with Crippen molar-refractivity contribution in [3.8, 4) is 0 Å². The van der Waals surface area contributed by atoms with E-state index in [1.54, 1.807) is 24.3 Å². The fraction of sp³-hybridized carbons (Fsp3) is 0.588. The van der Waals surface area contributed by atoms with Gasteiger partial charge >= 0.3 is 0 Å². The van der Waals surface area contributed by atoms with Crippen LogP contribution in [-0.2, 0) is 12.0 Å². The first-order valence-corrected chi connectivity index (χ1v) is 9.11. The van der Waals surface area contributed by atoms with Gasteiger partial charge in [0.1, 0.15) is 5.76 Å². The Morgan fingerprint density at radius 1 is 1.29 bits per heavy atom. The minimum absolute atomic E-state index is 0.0461. The molecule has 3 heterocycles. The molecule has 1 aliphatic rings. The summed E-state index contributed by atoms with van der Waals surface area (Å²) in [6.45, 7) is 12.3. The molecule has 0 N–H and O–H groups in total. The van der Waals surface area contributed by atoms with E-state index >= 15 is 0 Å². The third-order valence-corrected chi connectivity index (χ3v) is 5.40. The summed E-state index contributed by atoms with van der Waals surface area (Å²) < 4.78 is 4.99. The van der Waals surface area contributed by atoms with Crippen molar-refractivity contribution in [1.82, 2.24) is 19.9 Å². The highest BCUT2D eigenvalue weighted by Gasteiger charge is 2.25. The fourth-order valence-corrected chi connectivity index (χ4v) is 3.59. The number of rotatable bonds is 3. The molecule has 0 aromatic carbocycles. The van der Waals surface area contributed by atoms with Crippen LogP contribution < -0.4 is 0 Å². The smallest absolute Gasteiger partial charge is 0.276 e. The van der Waals surface area contributed by atoms with Gasteiger partial charge in [0.25, 0.3) is 5.91 Å². The van der Waals surface area contributed by atoms with Gasteiger partial charge in [-0.15, -0.1) is 11.3 Å². The van der Waals surface area contributed by atoms with Crippen molar-refractivity contribution in [3.05, 3.63) is 33.6 Å². The molecule has 1 aliphatic heterocycles. The molecule has 3 rings (SSSR count). The maximum absolute atomic E-state index is 12.4. The summed E-state index contributed by atoms with van der Waals surface area (Å²) in [5, 5.41) is 7.14. The van der Waals surface area contributed by atoms with E-state index in [1.165, 1.54) is 5.01 Å². The topological polar surface area (TPSA) is 62.5 Å². The van der Waals surface area contributed by atoms with Crippen LogP contribution in [-0.4, -0.2) is 52.0 Å². The van der Waals surface area contributed by atoms with Crippen LogP contribution in [0.4, 0.5) is 0 Å². The molecule has 0 unspecified atom stereocenters. The zero-order chi connectivity index (χ0) is 17.3. The van der Waals surface area contributed by atoms with Gasteiger partial charge in [0.15, 0.2) is 5.69 Å². The van der Waals surface area contributed by atoms with E-state index in [0.717, 1.165) is 25.3 Å². The van der Waals surface area contributed by atoms with E-state index in [0.29, 0.717) is 24.5 Å². The second-order valence-corrected chi connectivity index (χ2v) is 8.14. The highest BCUT2D eigenvalue weighted by Crippen LogP contribution is 2.26. The third-order valence-electron chi connectivity index (χ3n) is 4.09. The Morgan fingerprint density at radius 2 is 2.00 bits per heavy atom. The van der Waals surface area contributed by atoms with Crippen LogP contribution in [0.15, 0.2) is 16.0 Å². The number of amides is 1. The molecular weight excluding hydrogens is 324 g/mol. The van der Waals surface area contributed by atoms with Crippen molar-refractivity contribution < 1.29 is 9.32 Å². The first-order valence-electron chi connectivity index (χ1n) is 8.23. The van der Waals surface area contributed by atoms with Crippen molar-refractivity contribution >= 4 is 17.2 Å².